The molecule has 1 aliphatic heterocycles. The second kappa shape index (κ2) is 6.79. The van der Waals surface area contributed by atoms with Gasteiger partial charge in [0.2, 0.25) is 5.91 Å². The highest BCUT2D eigenvalue weighted by Gasteiger charge is 2.30. The van der Waals surface area contributed by atoms with Gasteiger partial charge >= 0.3 is 0 Å². The summed E-state index contributed by atoms with van der Waals surface area (Å²) in [6, 6.07) is 11.8. The molecule has 7 nitrogen and oxygen atoms in total. The van der Waals surface area contributed by atoms with E-state index in [2.05, 4.69) is 9.71 Å². The van der Waals surface area contributed by atoms with Gasteiger partial charge < -0.3 is 9.32 Å². The Morgan fingerprint density at radius 1 is 1.25 bits per heavy atom. The lowest BCUT2D eigenvalue weighted by molar-refractivity contribution is -0.116. The largest absolute Gasteiger partial charge is 0.444 e. The first-order chi connectivity index (χ1) is 13.3. The maximum atomic E-state index is 12.9. The number of sulfonamides is 1. The van der Waals surface area contributed by atoms with Crippen LogP contribution >= 0.6 is 0 Å². The summed E-state index contributed by atoms with van der Waals surface area (Å²) in [6.07, 6.45) is 3.51. The van der Waals surface area contributed by atoms with Gasteiger partial charge in [-0.15, -0.1) is 0 Å². The van der Waals surface area contributed by atoms with Crippen molar-refractivity contribution in [3.63, 3.8) is 0 Å². The number of hydrogen-bond donors (Lipinski definition) is 1. The zero-order valence-corrected chi connectivity index (χ0v) is 16.2. The minimum atomic E-state index is -3.78. The second-order valence-electron chi connectivity index (χ2n) is 6.78. The predicted molar refractivity (Wildman–Crippen MR) is 106 cm³/mol. The molecular formula is C20H19N3O4S. The minimum Gasteiger partial charge on any atom is -0.444 e. The van der Waals surface area contributed by atoms with Gasteiger partial charge in [-0.3, -0.25) is 9.52 Å². The summed E-state index contributed by atoms with van der Waals surface area (Å²) in [5.41, 5.74) is 2.76. The third kappa shape index (κ3) is 3.27. The van der Waals surface area contributed by atoms with Crippen molar-refractivity contribution in [1.29, 1.82) is 0 Å². The molecule has 0 spiro atoms. The number of nitrogens with one attached hydrogen (secondary N) is 1. The molecule has 0 bridgehead atoms. The number of oxazole rings is 1. The lowest BCUT2D eigenvalue weighted by Gasteiger charge is -2.20. The van der Waals surface area contributed by atoms with Gasteiger partial charge in [-0.05, 0) is 49.2 Å². The molecule has 0 saturated heterocycles. The normalized spacial score (nSPS) is 16.1. The van der Waals surface area contributed by atoms with Crippen molar-refractivity contribution in [2.75, 3.05) is 9.62 Å². The van der Waals surface area contributed by atoms with Crippen LogP contribution in [0.4, 0.5) is 11.4 Å². The number of nitrogens with zero attached hydrogens (tertiary/aromatic N) is 2. The number of fused-ring (bicyclic) bond motifs is 1. The summed E-state index contributed by atoms with van der Waals surface area (Å²) < 4.78 is 33.6. The first kappa shape index (κ1) is 18.2. The van der Waals surface area contributed by atoms with Crippen LogP contribution in [-0.4, -0.2) is 25.4 Å². The summed E-state index contributed by atoms with van der Waals surface area (Å²) in [5, 5.41) is 0. The Kier molecular flexibility index (Phi) is 4.43. The highest BCUT2D eigenvalue weighted by atomic mass is 32.2. The van der Waals surface area contributed by atoms with E-state index in [0.29, 0.717) is 17.9 Å². The summed E-state index contributed by atoms with van der Waals surface area (Å²) >= 11 is 0. The molecule has 0 radical (unpaired) electrons. The van der Waals surface area contributed by atoms with Crippen LogP contribution in [0.1, 0.15) is 19.4 Å². The monoisotopic (exact) mass is 397 g/mol. The third-order valence-corrected chi connectivity index (χ3v) is 6.13. The van der Waals surface area contributed by atoms with Gasteiger partial charge in [0.05, 0.1) is 11.1 Å². The topological polar surface area (TPSA) is 92.5 Å². The molecule has 4 rings (SSSR count). The standard InChI is InChI=1S/C20H19N3O4S/c1-13-8-16-10-18(6-7-19(16)23(13)14(2)24)28(25,26)22-17-5-3-4-15(9-17)20-11-21-12-27-20/h3-7,9-13,22H,8H2,1-2H3/t13-/m1/s1. The van der Waals surface area contributed by atoms with Gasteiger partial charge in [-0.25, -0.2) is 13.4 Å². The van der Waals surface area contributed by atoms with E-state index in [4.69, 9.17) is 4.42 Å². The van der Waals surface area contributed by atoms with E-state index in [9.17, 15) is 13.2 Å². The fourth-order valence-corrected chi connectivity index (χ4v) is 4.66. The molecule has 1 amide bonds. The molecule has 0 aliphatic carbocycles. The van der Waals surface area contributed by atoms with Crippen LogP contribution < -0.4 is 9.62 Å². The molecule has 8 heteroatoms. The number of aromatic nitrogens is 1. The van der Waals surface area contributed by atoms with E-state index < -0.39 is 10.0 Å². The number of carbonyl (C=O) groups is 1. The van der Waals surface area contributed by atoms with Gasteiger partial charge in [0.25, 0.3) is 10.0 Å². The zero-order chi connectivity index (χ0) is 19.9. The van der Waals surface area contributed by atoms with Crippen LogP contribution in [0.2, 0.25) is 0 Å². The molecular weight excluding hydrogens is 378 g/mol. The summed E-state index contributed by atoms with van der Waals surface area (Å²) in [5.74, 6) is 0.501. The van der Waals surface area contributed by atoms with E-state index >= 15 is 0 Å². The van der Waals surface area contributed by atoms with Crippen LogP contribution in [0.5, 0.6) is 0 Å². The van der Waals surface area contributed by atoms with Crippen molar-refractivity contribution in [2.45, 2.75) is 31.2 Å². The van der Waals surface area contributed by atoms with Gasteiger partial charge in [0.15, 0.2) is 12.2 Å². The number of anilines is 2. The molecule has 2 aromatic carbocycles. The van der Waals surface area contributed by atoms with Crippen LogP contribution in [-0.2, 0) is 21.2 Å². The third-order valence-electron chi connectivity index (χ3n) is 4.75. The van der Waals surface area contributed by atoms with Crippen LogP contribution in [0.3, 0.4) is 0 Å². The molecule has 3 aromatic rings. The lowest BCUT2D eigenvalue weighted by atomic mass is 10.1. The molecule has 1 atom stereocenters. The lowest BCUT2D eigenvalue weighted by Crippen LogP contribution is -2.33. The molecule has 1 aliphatic rings. The fraction of sp³-hybridized carbons (Fsp3) is 0.200. The van der Waals surface area contributed by atoms with E-state index in [1.165, 1.54) is 19.4 Å². The molecule has 0 unspecified atom stereocenters. The van der Waals surface area contributed by atoms with E-state index in [1.807, 2.05) is 13.0 Å². The van der Waals surface area contributed by atoms with Gasteiger partial charge in [-0.1, -0.05) is 12.1 Å². The minimum absolute atomic E-state index is 0.0111. The molecule has 2 heterocycles. The van der Waals surface area contributed by atoms with Gasteiger partial charge in [-0.2, -0.15) is 0 Å². The average Bonchev–Trinajstić information content (AvgIpc) is 3.27. The molecule has 0 saturated carbocycles. The Hall–Kier alpha value is -3.13. The quantitative estimate of drug-likeness (QED) is 0.728. The average molecular weight is 397 g/mol. The number of amides is 1. The van der Waals surface area contributed by atoms with Crippen LogP contribution in [0, 0.1) is 0 Å². The number of carbonyl (C=O) groups excluding carboxylic acids is 1. The summed E-state index contributed by atoms with van der Waals surface area (Å²) in [4.78, 5) is 17.6. The Labute approximate surface area is 163 Å². The molecule has 144 valence electrons. The molecule has 1 N–H and O–H groups in total. The van der Waals surface area contributed by atoms with E-state index in [1.54, 1.807) is 41.4 Å². The van der Waals surface area contributed by atoms with E-state index in [-0.39, 0.29) is 16.8 Å². The van der Waals surface area contributed by atoms with Crippen molar-refractivity contribution in [2.24, 2.45) is 0 Å². The zero-order valence-electron chi connectivity index (χ0n) is 15.4. The molecule has 0 fully saturated rings. The highest BCUT2D eigenvalue weighted by molar-refractivity contribution is 7.92. The van der Waals surface area contributed by atoms with Crippen molar-refractivity contribution < 1.29 is 17.6 Å². The smallest absolute Gasteiger partial charge is 0.261 e. The number of rotatable bonds is 4. The number of hydrogen-bond acceptors (Lipinski definition) is 5. The maximum Gasteiger partial charge on any atom is 0.261 e. The summed E-state index contributed by atoms with van der Waals surface area (Å²) in [7, 11) is -3.78. The Morgan fingerprint density at radius 2 is 2.07 bits per heavy atom. The number of benzene rings is 2. The second-order valence-corrected chi connectivity index (χ2v) is 8.47. The fourth-order valence-electron chi connectivity index (χ4n) is 3.56. The van der Waals surface area contributed by atoms with Crippen molar-refractivity contribution in [3.05, 3.63) is 60.6 Å². The first-order valence-electron chi connectivity index (χ1n) is 8.79. The first-order valence-corrected chi connectivity index (χ1v) is 10.3. The highest BCUT2D eigenvalue weighted by Crippen LogP contribution is 2.34. The Balaban J connectivity index is 1.63. The Morgan fingerprint density at radius 3 is 2.79 bits per heavy atom. The predicted octanol–water partition coefficient (Wildman–Crippen LogP) is 3.44. The van der Waals surface area contributed by atoms with Crippen LogP contribution in [0.25, 0.3) is 11.3 Å². The van der Waals surface area contributed by atoms with Crippen molar-refractivity contribution in [1.82, 2.24) is 4.98 Å². The summed E-state index contributed by atoms with van der Waals surface area (Å²) in [6.45, 7) is 3.46. The maximum absolute atomic E-state index is 12.9. The Bertz CT molecular complexity index is 1140. The van der Waals surface area contributed by atoms with Crippen molar-refractivity contribution >= 4 is 27.3 Å². The van der Waals surface area contributed by atoms with Crippen LogP contribution in [0.15, 0.2) is 64.4 Å². The van der Waals surface area contributed by atoms with E-state index in [0.717, 1.165) is 16.8 Å². The SMILES string of the molecule is CC(=O)N1c2ccc(S(=O)(=O)Nc3cccc(-c4cnco4)c3)cc2C[C@H]1C. The van der Waals surface area contributed by atoms with Crippen molar-refractivity contribution in [3.8, 4) is 11.3 Å². The molecule has 1 aromatic heterocycles. The van der Waals surface area contributed by atoms with Gasteiger partial charge in [0, 0.05) is 29.9 Å². The molecule has 28 heavy (non-hydrogen) atoms. The van der Waals surface area contributed by atoms with Gasteiger partial charge in [0.1, 0.15) is 0 Å².